The van der Waals surface area contributed by atoms with Crippen molar-refractivity contribution in [2.24, 2.45) is 0 Å². The molecule has 0 aliphatic carbocycles. The molecule has 0 fully saturated rings. The second-order valence-corrected chi connectivity index (χ2v) is 4.25. The number of nitrogens with zero attached hydrogens (tertiary/aromatic N) is 1. The summed E-state index contributed by atoms with van der Waals surface area (Å²) in [4.78, 5) is 13.2. The van der Waals surface area contributed by atoms with Crippen molar-refractivity contribution >= 4 is 17.5 Å². The first-order valence-corrected chi connectivity index (χ1v) is 5.92. The third-order valence-corrected chi connectivity index (χ3v) is 2.78. The number of carbonyl (C=O) groups is 1. The summed E-state index contributed by atoms with van der Waals surface area (Å²) in [6.45, 7) is 0.812. The molecule has 1 heterocycles. The summed E-state index contributed by atoms with van der Waals surface area (Å²) >= 11 is 5.54. The summed E-state index contributed by atoms with van der Waals surface area (Å²) in [7, 11) is 1.76. The van der Waals surface area contributed by atoms with Gasteiger partial charge in [-0.05, 0) is 17.7 Å². The first kappa shape index (κ1) is 12.0. The van der Waals surface area contributed by atoms with Crippen LogP contribution < -0.4 is 9.47 Å². The smallest absolute Gasteiger partial charge is 0.231 e. The predicted octanol–water partition coefficient (Wildman–Crippen LogP) is 2.00. The van der Waals surface area contributed by atoms with Crippen LogP contribution in [0.15, 0.2) is 18.2 Å². The van der Waals surface area contributed by atoms with Gasteiger partial charge in [0.1, 0.15) is 0 Å². The van der Waals surface area contributed by atoms with Crippen LogP contribution in [0.25, 0.3) is 0 Å². The number of fused-ring (bicyclic) bond motifs is 1. The highest BCUT2D eigenvalue weighted by molar-refractivity contribution is 6.18. The van der Waals surface area contributed by atoms with Crippen LogP contribution >= 0.6 is 11.6 Å². The molecule has 0 saturated heterocycles. The molecule has 17 heavy (non-hydrogen) atoms. The molecule has 0 aromatic heterocycles. The summed E-state index contributed by atoms with van der Waals surface area (Å²) < 4.78 is 10.5. The van der Waals surface area contributed by atoms with Gasteiger partial charge in [0.25, 0.3) is 0 Å². The van der Waals surface area contributed by atoms with Gasteiger partial charge >= 0.3 is 0 Å². The average Bonchev–Trinajstić information content (AvgIpc) is 2.76. The van der Waals surface area contributed by atoms with Gasteiger partial charge in [0.15, 0.2) is 11.5 Å². The minimum atomic E-state index is 0.0395. The van der Waals surface area contributed by atoms with Crippen LogP contribution in [-0.2, 0) is 11.3 Å². The first-order valence-electron chi connectivity index (χ1n) is 5.39. The van der Waals surface area contributed by atoms with E-state index in [2.05, 4.69) is 0 Å². The van der Waals surface area contributed by atoms with E-state index >= 15 is 0 Å². The highest BCUT2D eigenvalue weighted by Crippen LogP contribution is 2.32. The minimum Gasteiger partial charge on any atom is -0.454 e. The van der Waals surface area contributed by atoms with Crippen molar-refractivity contribution in [1.29, 1.82) is 0 Å². The third-order valence-electron chi connectivity index (χ3n) is 2.59. The van der Waals surface area contributed by atoms with Crippen LogP contribution in [0.4, 0.5) is 0 Å². The molecule has 0 bridgehead atoms. The Bertz CT molecular complexity index is 422. The molecule has 1 aliphatic heterocycles. The Morgan fingerprint density at radius 2 is 2.18 bits per heavy atom. The zero-order valence-corrected chi connectivity index (χ0v) is 10.4. The van der Waals surface area contributed by atoms with Crippen molar-refractivity contribution in [3.05, 3.63) is 23.8 Å². The van der Waals surface area contributed by atoms with E-state index < -0.39 is 0 Å². The summed E-state index contributed by atoms with van der Waals surface area (Å²) in [5.41, 5.74) is 1.01. The van der Waals surface area contributed by atoms with E-state index in [0.29, 0.717) is 18.8 Å². The van der Waals surface area contributed by atoms with Gasteiger partial charge in [-0.1, -0.05) is 6.07 Å². The van der Waals surface area contributed by atoms with Gasteiger partial charge in [-0.25, -0.2) is 0 Å². The molecule has 5 heteroatoms. The number of ether oxygens (including phenoxy) is 2. The van der Waals surface area contributed by atoms with E-state index in [9.17, 15) is 4.79 Å². The number of amides is 1. The van der Waals surface area contributed by atoms with E-state index in [1.54, 1.807) is 11.9 Å². The number of rotatable bonds is 4. The molecule has 0 N–H and O–H groups in total. The summed E-state index contributed by atoms with van der Waals surface area (Å²) in [6, 6.07) is 5.68. The predicted molar refractivity (Wildman–Crippen MR) is 64.4 cm³/mol. The van der Waals surface area contributed by atoms with Crippen molar-refractivity contribution in [3.8, 4) is 11.5 Å². The van der Waals surface area contributed by atoms with Crippen LogP contribution in [-0.4, -0.2) is 30.5 Å². The number of hydrogen-bond acceptors (Lipinski definition) is 3. The number of hydrogen-bond donors (Lipinski definition) is 0. The fraction of sp³-hybridized carbons (Fsp3) is 0.417. The van der Waals surface area contributed by atoms with Crippen molar-refractivity contribution in [2.75, 3.05) is 19.7 Å². The van der Waals surface area contributed by atoms with Crippen molar-refractivity contribution in [1.82, 2.24) is 4.90 Å². The van der Waals surface area contributed by atoms with E-state index in [1.165, 1.54) is 0 Å². The second-order valence-electron chi connectivity index (χ2n) is 3.88. The Balaban J connectivity index is 2.01. The minimum absolute atomic E-state index is 0.0395. The van der Waals surface area contributed by atoms with Crippen molar-refractivity contribution in [3.63, 3.8) is 0 Å². The Hall–Kier alpha value is -1.42. The van der Waals surface area contributed by atoms with Crippen LogP contribution in [0.2, 0.25) is 0 Å². The highest BCUT2D eigenvalue weighted by Gasteiger charge is 2.15. The Kier molecular flexibility index (Phi) is 3.74. The molecule has 0 atom stereocenters. The molecular weight excluding hydrogens is 242 g/mol. The van der Waals surface area contributed by atoms with Gasteiger partial charge in [-0.3, -0.25) is 4.79 Å². The summed E-state index contributed by atoms with van der Waals surface area (Å²) in [6.07, 6.45) is 0.364. The van der Waals surface area contributed by atoms with Crippen molar-refractivity contribution in [2.45, 2.75) is 13.0 Å². The fourth-order valence-electron chi connectivity index (χ4n) is 1.67. The number of benzene rings is 1. The molecule has 1 aliphatic rings. The molecule has 0 unspecified atom stereocenters. The number of halogens is 1. The second kappa shape index (κ2) is 5.27. The molecule has 1 amide bonds. The third kappa shape index (κ3) is 2.82. The zero-order chi connectivity index (χ0) is 12.3. The Morgan fingerprint density at radius 1 is 1.41 bits per heavy atom. The standard InChI is InChI=1S/C12H14ClNO3/c1-14(12(15)4-5-13)7-9-2-3-10-11(6-9)17-8-16-10/h2-3,6H,4-5,7-8H2,1H3. The molecule has 4 nitrogen and oxygen atoms in total. The Labute approximate surface area is 105 Å². The average molecular weight is 256 g/mol. The molecular formula is C12H14ClNO3. The summed E-state index contributed by atoms with van der Waals surface area (Å²) in [5.74, 6) is 1.88. The zero-order valence-electron chi connectivity index (χ0n) is 9.61. The van der Waals surface area contributed by atoms with Crippen LogP contribution in [0.3, 0.4) is 0 Å². The normalized spacial score (nSPS) is 12.6. The van der Waals surface area contributed by atoms with E-state index in [1.807, 2.05) is 18.2 Å². The number of carbonyl (C=O) groups excluding carboxylic acids is 1. The molecule has 2 rings (SSSR count). The maximum atomic E-state index is 11.6. The maximum Gasteiger partial charge on any atom is 0.231 e. The highest BCUT2D eigenvalue weighted by atomic mass is 35.5. The Morgan fingerprint density at radius 3 is 2.94 bits per heavy atom. The monoisotopic (exact) mass is 255 g/mol. The van der Waals surface area contributed by atoms with E-state index in [0.717, 1.165) is 17.1 Å². The van der Waals surface area contributed by atoms with E-state index in [4.69, 9.17) is 21.1 Å². The van der Waals surface area contributed by atoms with Crippen LogP contribution in [0.5, 0.6) is 11.5 Å². The lowest BCUT2D eigenvalue weighted by molar-refractivity contribution is -0.129. The lowest BCUT2D eigenvalue weighted by Crippen LogP contribution is -2.26. The topological polar surface area (TPSA) is 38.8 Å². The van der Waals surface area contributed by atoms with Crippen LogP contribution in [0, 0.1) is 0 Å². The van der Waals surface area contributed by atoms with Gasteiger partial charge in [-0.15, -0.1) is 11.6 Å². The van der Waals surface area contributed by atoms with E-state index in [-0.39, 0.29) is 12.7 Å². The van der Waals surface area contributed by atoms with Gasteiger partial charge in [0.2, 0.25) is 12.7 Å². The quantitative estimate of drug-likeness (QED) is 0.773. The SMILES string of the molecule is CN(Cc1ccc2c(c1)OCO2)C(=O)CCCl. The summed E-state index contributed by atoms with van der Waals surface area (Å²) in [5, 5.41) is 0. The van der Waals surface area contributed by atoms with Gasteiger partial charge in [-0.2, -0.15) is 0 Å². The largest absolute Gasteiger partial charge is 0.454 e. The molecule has 0 spiro atoms. The molecule has 0 saturated carbocycles. The lowest BCUT2D eigenvalue weighted by Gasteiger charge is -2.16. The van der Waals surface area contributed by atoms with Gasteiger partial charge < -0.3 is 14.4 Å². The molecule has 1 aromatic carbocycles. The van der Waals surface area contributed by atoms with Gasteiger partial charge in [0, 0.05) is 25.9 Å². The lowest BCUT2D eigenvalue weighted by atomic mass is 10.2. The fourth-order valence-corrected chi connectivity index (χ4v) is 1.83. The van der Waals surface area contributed by atoms with Crippen molar-refractivity contribution < 1.29 is 14.3 Å². The van der Waals surface area contributed by atoms with Crippen LogP contribution in [0.1, 0.15) is 12.0 Å². The van der Waals surface area contributed by atoms with Gasteiger partial charge in [0.05, 0.1) is 0 Å². The first-order chi connectivity index (χ1) is 8.20. The molecule has 1 aromatic rings. The molecule has 0 radical (unpaired) electrons. The maximum absolute atomic E-state index is 11.6. The molecule has 92 valence electrons. The number of alkyl halides is 1.